The van der Waals surface area contributed by atoms with Crippen LogP contribution >= 0.6 is 0 Å². The number of rotatable bonds is 2. The summed E-state index contributed by atoms with van der Waals surface area (Å²) in [7, 11) is 1.55. The van der Waals surface area contributed by atoms with Crippen LogP contribution < -0.4 is 5.32 Å². The molecule has 0 bridgehead atoms. The van der Waals surface area contributed by atoms with Gasteiger partial charge in [-0.3, -0.25) is 4.79 Å². The van der Waals surface area contributed by atoms with Gasteiger partial charge in [-0.25, -0.2) is 0 Å². The van der Waals surface area contributed by atoms with Crippen LogP contribution in [-0.2, 0) is 0 Å². The molecule has 1 amide bonds. The Morgan fingerprint density at radius 2 is 2.23 bits per heavy atom. The molecule has 0 heterocycles. The van der Waals surface area contributed by atoms with Gasteiger partial charge < -0.3 is 10.5 Å². The van der Waals surface area contributed by atoms with Gasteiger partial charge in [-0.1, -0.05) is 23.4 Å². The van der Waals surface area contributed by atoms with Gasteiger partial charge in [0.05, 0.1) is 6.21 Å². The van der Waals surface area contributed by atoms with Gasteiger partial charge in [0.15, 0.2) is 0 Å². The maximum Gasteiger partial charge on any atom is 0.251 e. The molecule has 0 aliphatic rings. The van der Waals surface area contributed by atoms with Crippen molar-refractivity contribution in [2.24, 2.45) is 5.16 Å². The Hall–Kier alpha value is -1.84. The summed E-state index contributed by atoms with van der Waals surface area (Å²) >= 11 is 0. The standard InChI is InChI=1S/C9H10N2O2/c1-10-9(12)8-5-3-2-4-7(8)6-11-13/h2-6,13H,1H3,(H,10,12). The zero-order valence-electron chi connectivity index (χ0n) is 7.19. The van der Waals surface area contributed by atoms with Crippen molar-refractivity contribution < 1.29 is 10.0 Å². The molecule has 4 heteroatoms. The third kappa shape index (κ3) is 2.05. The molecule has 0 spiro atoms. The number of benzene rings is 1. The molecule has 0 atom stereocenters. The SMILES string of the molecule is CNC(=O)c1ccccc1C=NO. The van der Waals surface area contributed by atoms with Gasteiger partial charge in [-0.2, -0.15) is 0 Å². The normalized spacial score (nSPS) is 10.2. The number of oxime groups is 1. The molecule has 0 radical (unpaired) electrons. The first-order valence-corrected chi connectivity index (χ1v) is 3.78. The lowest BCUT2D eigenvalue weighted by atomic mass is 10.1. The van der Waals surface area contributed by atoms with Crippen LogP contribution in [0.3, 0.4) is 0 Å². The predicted octanol–water partition coefficient (Wildman–Crippen LogP) is 0.854. The van der Waals surface area contributed by atoms with E-state index in [1.807, 2.05) is 0 Å². The first kappa shape index (κ1) is 9.25. The van der Waals surface area contributed by atoms with Crippen LogP contribution in [0, 0.1) is 0 Å². The molecular formula is C9H10N2O2. The van der Waals surface area contributed by atoms with Gasteiger partial charge in [0.25, 0.3) is 5.91 Å². The zero-order chi connectivity index (χ0) is 9.68. The average molecular weight is 178 g/mol. The van der Waals surface area contributed by atoms with Gasteiger partial charge >= 0.3 is 0 Å². The first-order chi connectivity index (χ1) is 6.29. The molecule has 0 aliphatic heterocycles. The van der Waals surface area contributed by atoms with Crippen molar-refractivity contribution in [2.45, 2.75) is 0 Å². The van der Waals surface area contributed by atoms with Crippen molar-refractivity contribution in [1.29, 1.82) is 0 Å². The van der Waals surface area contributed by atoms with Crippen LogP contribution in [0.2, 0.25) is 0 Å². The number of carbonyl (C=O) groups is 1. The first-order valence-electron chi connectivity index (χ1n) is 3.78. The van der Waals surface area contributed by atoms with E-state index in [0.29, 0.717) is 11.1 Å². The molecule has 0 saturated heterocycles. The van der Waals surface area contributed by atoms with E-state index in [-0.39, 0.29) is 5.91 Å². The highest BCUT2D eigenvalue weighted by Crippen LogP contribution is 2.05. The third-order valence-corrected chi connectivity index (χ3v) is 1.63. The van der Waals surface area contributed by atoms with E-state index in [2.05, 4.69) is 10.5 Å². The molecule has 0 saturated carbocycles. The van der Waals surface area contributed by atoms with Crippen molar-refractivity contribution in [3.8, 4) is 0 Å². The average Bonchev–Trinajstić information content (AvgIpc) is 2.18. The number of carbonyl (C=O) groups excluding carboxylic acids is 1. The monoisotopic (exact) mass is 178 g/mol. The fourth-order valence-corrected chi connectivity index (χ4v) is 1.01. The Kier molecular flexibility index (Phi) is 3.03. The number of nitrogens with one attached hydrogen (secondary N) is 1. The fourth-order valence-electron chi connectivity index (χ4n) is 1.01. The molecule has 1 aromatic carbocycles. The van der Waals surface area contributed by atoms with Gasteiger partial charge in [-0.15, -0.1) is 0 Å². The summed E-state index contributed by atoms with van der Waals surface area (Å²) in [5.74, 6) is -0.199. The highest BCUT2D eigenvalue weighted by molar-refractivity contribution is 6.02. The number of hydrogen-bond donors (Lipinski definition) is 2. The zero-order valence-corrected chi connectivity index (χ0v) is 7.19. The number of nitrogens with zero attached hydrogens (tertiary/aromatic N) is 1. The maximum atomic E-state index is 11.3. The molecule has 0 unspecified atom stereocenters. The van der Waals surface area contributed by atoms with Gasteiger partial charge in [-0.05, 0) is 6.07 Å². The molecule has 68 valence electrons. The Labute approximate surface area is 75.9 Å². The Morgan fingerprint density at radius 1 is 1.54 bits per heavy atom. The number of hydrogen-bond acceptors (Lipinski definition) is 3. The van der Waals surface area contributed by atoms with E-state index < -0.39 is 0 Å². The van der Waals surface area contributed by atoms with Gasteiger partial charge in [0.1, 0.15) is 0 Å². The second-order valence-corrected chi connectivity index (χ2v) is 2.41. The molecule has 2 N–H and O–H groups in total. The summed E-state index contributed by atoms with van der Waals surface area (Å²) in [4.78, 5) is 11.3. The van der Waals surface area contributed by atoms with Crippen molar-refractivity contribution >= 4 is 12.1 Å². The van der Waals surface area contributed by atoms with Crippen molar-refractivity contribution in [3.05, 3.63) is 35.4 Å². The molecule has 4 nitrogen and oxygen atoms in total. The van der Waals surface area contributed by atoms with Crippen LogP contribution in [0.5, 0.6) is 0 Å². The van der Waals surface area contributed by atoms with Gasteiger partial charge in [0.2, 0.25) is 0 Å². The molecule has 0 fully saturated rings. The molecule has 13 heavy (non-hydrogen) atoms. The molecule has 0 aliphatic carbocycles. The van der Waals surface area contributed by atoms with Crippen molar-refractivity contribution in [1.82, 2.24) is 5.32 Å². The quantitative estimate of drug-likeness (QED) is 0.400. The lowest BCUT2D eigenvalue weighted by Gasteiger charge is -2.02. The van der Waals surface area contributed by atoms with Crippen LogP contribution in [-0.4, -0.2) is 24.4 Å². The Morgan fingerprint density at radius 3 is 2.85 bits per heavy atom. The molecule has 1 rings (SSSR count). The van der Waals surface area contributed by atoms with E-state index in [1.54, 1.807) is 31.3 Å². The summed E-state index contributed by atoms with van der Waals surface area (Å²) in [5, 5.41) is 13.7. The fraction of sp³-hybridized carbons (Fsp3) is 0.111. The highest BCUT2D eigenvalue weighted by Gasteiger charge is 2.06. The largest absolute Gasteiger partial charge is 0.411 e. The summed E-state index contributed by atoms with van der Waals surface area (Å²) in [6, 6.07) is 6.88. The lowest BCUT2D eigenvalue weighted by Crippen LogP contribution is -2.19. The summed E-state index contributed by atoms with van der Waals surface area (Å²) < 4.78 is 0. The minimum Gasteiger partial charge on any atom is -0.411 e. The predicted molar refractivity (Wildman–Crippen MR) is 49.2 cm³/mol. The van der Waals surface area contributed by atoms with Crippen molar-refractivity contribution in [3.63, 3.8) is 0 Å². The second kappa shape index (κ2) is 4.25. The van der Waals surface area contributed by atoms with E-state index in [0.717, 1.165) is 0 Å². The van der Waals surface area contributed by atoms with E-state index in [1.165, 1.54) is 6.21 Å². The lowest BCUT2D eigenvalue weighted by molar-refractivity contribution is 0.0963. The Balaban J connectivity index is 3.11. The summed E-state index contributed by atoms with van der Waals surface area (Å²) in [6.07, 6.45) is 1.23. The van der Waals surface area contributed by atoms with Crippen LogP contribution in [0.25, 0.3) is 0 Å². The summed E-state index contributed by atoms with van der Waals surface area (Å²) in [6.45, 7) is 0. The molecule has 0 aromatic heterocycles. The van der Waals surface area contributed by atoms with Crippen LogP contribution in [0.4, 0.5) is 0 Å². The van der Waals surface area contributed by atoms with E-state index in [9.17, 15) is 4.79 Å². The highest BCUT2D eigenvalue weighted by atomic mass is 16.4. The summed E-state index contributed by atoms with van der Waals surface area (Å²) in [5.41, 5.74) is 1.08. The smallest absolute Gasteiger partial charge is 0.251 e. The minimum atomic E-state index is -0.199. The number of amides is 1. The topological polar surface area (TPSA) is 61.7 Å². The van der Waals surface area contributed by atoms with Crippen LogP contribution in [0.1, 0.15) is 15.9 Å². The van der Waals surface area contributed by atoms with Crippen LogP contribution in [0.15, 0.2) is 29.4 Å². The minimum absolute atomic E-state index is 0.199. The van der Waals surface area contributed by atoms with Gasteiger partial charge in [0, 0.05) is 18.2 Å². The van der Waals surface area contributed by atoms with E-state index in [4.69, 9.17) is 5.21 Å². The van der Waals surface area contributed by atoms with E-state index >= 15 is 0 Å². The maximum absolute atomic E-state index is 11.3. The second-order valence-electron chi connectivity index (χ2n) is 2.41. The Bertz CT molecular complexity index is 334. The molecule has 1 aromatic rings. The van der Waals surface area contributed by atoms with Crippen molar-refractivity contribution in [2.75, 3.05) is 7.05 Å². The third-order valence-electron chi connectivity index (χ3n) is 1.63. The molecular weight excluding hydrogens is 168 g/mol.